The van der Waals surface area contributed by atoms with Crippen molar-refractivity contribution >= 4 is 122 Å². The molecule has 3 aliphatic heterocycles. The van der Waals surface area contributed by atoms with Crippen molar-refractivity contribution in [1.29, 1.82) is 0 Å². The Kier molecular flexibility index (Phi) is 8.04. The van der Waals surface area contributed by atoms with Crippen LogP contribution in [0.3, 0.4) is 0 Å². The van der Waals surface area contributed by atoms with Crippen LogP contribution in [0.4, 0.5) is 45.5 Å². The minimum atomic E-state index is -0.0601. The van der Waals surface area contributed by atoms with Gasteiger partial charge in [0.1, 0.15) is 11.2 Å². The molecule has 1 saturated carbocycles. The molecule has 6 heteroatoms. The first-order valence-corrected chi connectivity index (χ1v) is 25.1. The monoisotopic (exact) mass is 885 g/mol. The minimum Gasteiger partial charge on any atom is -0.456 e. The first-order valence-electron chi connectivity index (χ1n) is 24.3. The Morgan fingerprint density at radius 2 is 1.21 bits per heavy atom. The zero-order chi connectivity index (χ0) is 45.1. The number of para-hydroxylation sites is 2. The molecule has 1 fully saturated rings. The molecule has 4 aliphatic rings. The number of benzene rings is 8. The Balaban J connectivity index is 1.09. The average Bonchev–Trinajstić information content (AvgIpc) is 3.97. The molecule has 5 heterocycles. The standard InChI is InChI=1S/C61H52BN3OS/c1-37-33-51-57-52(34-37)64(48-23-15-19-41-40-17-8-12-26-55(40)67-58(41)48)50-36-39(65-46-21-10-9-20-43(46)60(5)31-13-14-32-61(60,65)6)28-30-45(50)62(57)44-29-27-38(59(2,3)4)35-49(44)63(51)47-22-16-25-54-56(47)42-18-7-11-24-53(42)66-54/h7-12,15-30,33-36H,13-14,31-32H2,1-6H3. The molecule has 0 spiro atoms. The fourth-order valence-electron chi connectivity index (χ4n) is 13.2. The van der Waals surface area contributed by atoms with Crippen LogP contribution in [0.25, 0.3) is 42.1 Å². The molecule has 0 amide bonds. The van der Waals surface area contributed by atoms with Gasteiger partial charge in [-0.2, -0.15) is 0 Å². The summed E-state index contributed by atoms with van der Waals surface area (Å²) in [6.07, 6.45) is 4.87. The largest absolute Gasteiger partial charge is 0.456 e. The summed E-state index contributed by atoms with van der Waals surface area (Å²) in [5.41, 5.74) is 19.7. The van der Waals surface area contributed by atoms with Crippen molar-refractivity contribution in [2.75, 3.05) is 14.7 Å². The summed E-state index contributed by atoms with van der Waals surface area (Å²) in [7, 11) is 0. The normalized spacial score (nSPS) is 19.6. The molecule has 8 aromatic carbocycles. The van der Waals surface area contributed by atoms with E-state index >= 15 is 0 Å². The smallest absolute Gasteiger partial charge is 0.252 e. The van der Waals surface area contributed by atoms with Gasteiger partial charge in [0.05, 0.1) is 27.0 Å². The maximum Gasteiger partial charge on any atom is 0.252 e. The van der Waals surface area contributed by atoms with Gasteiger partial charge in [0.15, 0.2) is 0 Å². The highest BCUT2D eigenvalue weighted by Crippen LogP contribution is 2.61. The molecule has 1 aliphatic carbocycles. The van der Waals surface area contributed by atoms with E-state index < -0.39 is 0 Å². The average molecular weight is 886 g/mol. The molecule has 14 rings (SSSR count). The predicted molar refractivity (Wildman–Crippen MR) is 287 cm³/mol. The Morgan fingerprint density at radius 3 is 2.04 bits per heavy atom. The molecule has 4 nitrogen and oxygen atoms in total. The molecule has 0 bridgehead atoms. The van der Waals surface area contributed by atoms with E-state index in [9.17, 15) is 0 Å². The minimum absolute atomic E-state index is 0.00512. The highest BCUT2D eigenvalue weighted by atomic mass is 32.1. The Labute approximate surface area is 397 Å². The van der Waals surface area contributed by atoms with E-state index in [1.807, 2.05) is 11.3 Å². The zero-order valence-corrected chi connectivity index (χ0v) is 39.9. The van der Waals surface area contributed by atoms with Crippen molar-refractivity contribution in [3.8, 4) is 0 Å². The lowest BCUT2D eigenvalue weighted by Crippen LogP contribution is -2.61. The lowest BCUT2D eigenvalue weighted by atomic mass is 9.33. The van der Waals surface area contributed by atoms with Gasteiger partial charge in [0.2, 0.25) is 0 Å². The maximum atomic E-state index is 6.61. The van der Waals surface area contributed by atoms with Crippen LogP contribution >= 0.6 is 11.3 Å². The maximum absolute atomic E-state index is 6.61. The number of nitrogens with zero attached hydrogens (tertiary/aromatic N) is 3. The molecule has 0 N–H and O–H groups in total. The van der Waals surface area contributed by atoms with Gasteiger partial charge in [-0.1, -0.05) is 132 Å². The van der Waals surface area contributed by atoms with Crippen molar-refractivity contribution in [3.05, 3.63) is 174 Å². The van der Waals surface area contributed by atoms with Crippen molar-refractivity contribution in [1.82, 2.24) is 0 Å². The van der Waals surface area contributed by atoms with E-state index in [0.717, 1.165) is 34.0 Å². The van der Waals surface area contributed by atoms with E-state index in [2.05, 4.69) is 214 Å². The second-order valence-corrected chi connectivity index (χ2v) is 22.3. The summed E-state index contributed by atoms with van der Waals surface area (Å²) in [4.78, 5) is 7.99. The molecule has 326 valence electrons. The van der Waals surface area contributed by atoms with Gasteiger partial charge in [0.25, 0.3) is 6.71 Å². The van der Waals surface area contributed by atoms with Crippen LogP contribution < -0.4 is 31.1 Å². The summed E-state index contributed by atoms with van der Waals surface area (Å²) in [5.74, 6) is 0. The van der Waals surface area contributed by atoms with Crippen LogP contribution in [0.15, 0.2) is 162 Å². The SMILES string of the molecule is Cc1cc2c3c(c1)N(c1cccc4oc5ccccc5c14)c1cc(C(C)(C)C)ccc1B3c1ccc(N3c4ccccc4C4(C)CCCCC34C)cc1N2c1cccc2c1sc1ccccc12. The highest BCUT2D eigenvalue weighted by Gasteiger charge is 2.58. The quantitative estimate of drug-likeness (QED) is 0.165. The van der Waals surface area contributed by atoms with Crippen molar-refractivity contribution in [2.24, 2.45) is 0 Å². The number of anilines is 8. The lowest BCUT2D eigenvalue weighted by Gasteiger charge is -2.50. The molecule has 10 aromatic rings. The Morgan fingerprint density at radius 1 is 0.567 bits per heavy atom. The number of aryl methyl sites for hydroxylation is 1. The third-order valence-electron chi connectivity index (χ3n) is 16.6. The van der Waals surface area contributed by atoms with Crippen LogP contribution in [-0.2, 0) is 10.8 Å². The van der Waals surface area contributed by atoms with Gasteiger partial charge in [-0.05, 0) is 132 Å². The van der Waals surface area contributed by atoms with Crippen molar-refractivity contribution < 1.29 is 4.42 Å². The highest BCUT2D eigenvalue weighted by molar-refractivity contribution is 7.26. The van der Waals surface area contributed by atoms with Gasteiger partial charge in [-0.25, -0.2) is 0 Å². The summed E-state index contributed by atoms with van der Waals surface area (Å²) in [5, 5.41) is 4.89. The van der Waals surface area contributed by atoms with E-state index in [4.69, 9.17) is 4.42 Å². The fraction of sp³-hybridized carbons (Fsp3) is 0.213. The molecule has 2 aromatic heterocycles. The molecule has 2 atom stereocenters. The number of fused-ring (bicyclic) bond motifs is 13. The number of furan rings is 1. The van der Waals surface area contributed by atoms with Crippen LogP contribution in [-0.4, -0.2) is 12.3 Å². The van der Waals surface area contributed by atoms with Crippen molar-refractivity contribution in [2.45, 2.75) is 83.6 Å². The molecule has 2 unspecified atom stereocenters. The molecule has 0 radical (unpaired) electrons. The first-order chi connectivity index (χ1) is 32.5. The predicted octanol–water partition coefficient (Wildman–Crippen LogP) is 15.4. The summed E-state index contributed by atoms with van der Waals surface area (Å²) in [6, 6.07) is 60.1. The van der Waals surface area contributed by atoms with E-state index in [0.29, 0.717) is 0 Å². The summed E-state index contributed by atoms with van der Waals surface area (Å²) in [6.45, 7) is 14.4. The number of rotatable bonds is 3. The van der Waals surface area contributed by atoms with Gasteiger partial charge < -0.3 is 19.1 Å². The van der Waals surface area contributed by atoms with Gasteiger partial charge in [-0.15, -0.1) is 11.3 Å². The second-order valence-electron chi connectivity index (χ2n) is 21.3. The van der Waals surface area contributed by atoms with Crippen molar-refractivity contribution in [3.63, 3.8) is 0 Å². The lowest BCUT2D eigenvalue weighted by molar-refractivity contribution is 0.195. The molecule has 0 saturated heterocycles. The summed E-state index contributed by atoms with van der Waals surface area (Å²) >= 11 is 1.91. The van der Waals surface area contributed by atoms with Crippen LogP contribution in [0.5, 0.6) is 0 Å². The van der Waals surface area contributed by atoms with E-state index in [1.54, 1.807) is 0 Å². The third kappa shape index (κ3) is 5.25. The van der Waals surface area contributed by atoms with Gasteiger partial charge in [-0.3, -0.25) is 0 Å². The zero-order valence-electron chi connectivity index (χ0n) is 39.1. The number of hydrogen-bond donors (Lipinski definition) is 0. The topological polar surface area (TPSA) is 22.9 Å². The summed E-state index contributed by atoms with van der Waals surface area (Å²) < 4.78 is 9.23. The van der Waals surface area contributed by atoms with Gasteiger partial charge >= 0.3 is 0 Å². The third-order valence-corrected chi connectivity index (χ3v) is 17.8. The van der Waals surface area contributed by atoms with Crippen LogP contribution in [0.2, 0.25) is 0 Å². The fourth-order valence-corrected chi connectivity index (χ4v) is 14.4. The Bertz CT molecular complexity index is 3750. The van der Waals surface area contributed by atoms with E-state index in [1.165, 1.54) is 112 Å². The first kappa shape index (κ1) is 39.4. The second kappa shape index (κ2) is 13.7. The molecular formula is C61H52BN3OS. The van der Waals surface area contributed by atoms with Crippen LogP contribution in [0, 0.1) is 6.92 Å². The molecule has 67 heavy (non-hydrogen) atoms. The number of thiophene rings is 1. The van der Waals surface area contributed by atoms with Gasteiger partial charge in [0, 0.05) is 60.4 Å². The molecular weight excluding hydrogens is 834 g/mol. The van der Waals surface area contributed by atoms with E-state index in [-0.39, 0.29) is 23.1 Å². The van der Waals surface area contributed by atoms with Crippen LogP contribution in [0.1, 0.15) is 77.0 Å². The number of hydrogen-bond acceptors (Lipinski definition) is 5. The Hall–Kier alpha value is -6.76.